The summed E-state index contributed by atoms with van der Waals surface area (Å²) in [5.74, 6) is -0.699. The Bertz CT molecular complexity index is 1370. The molecule has 10 heteroatoms. The number of methoxy groups -OCH3 is 1. The van der Waals surface area contributed by atoms with Crippen LogP contribution in [0.25, 0.3) is 0 Å². The van der Waals surface area contributed by atoms with E-state index in [9.17, 15) is 18.0 Å². The van der Waals surface area contributed by atoms with Gasteiger partial charge in [0.25, 0.3) is 15.9 Å². The molecule has 0 spiro atoms. The second kappa shape index (κ2) is 11.7. The molecule has 0 aliphatic rings. The van der Waals surface area contributed by atoms with Crippen molar-refractivity contribution in [1.82, 2.24) is 5.32 Å². The number of carbonyl (C=O) groups excluding carboxylic acids is 2. The Morgan fingerprint density at radius 1 is 1.08 bits per heavy atom. The van der Waals surface area contributed by atoms with Crippen LogP contribution < -0.4 is 19.7 Å². The molecule has 0 unspecified atom stereocenters. The molecule has 0 atom stereocenters. The lowest BCUT2D eigenvalue weighted by molar-refractivity contribution is -0.114. The van der Waals surface area contributed by atoms with Crippen LogP contribution in [0, 0.1) is 6.92 Å². The topological polar surface area (TPSA) is 105 Å². The van der Waals surface area contributed by atoms with Gasteiger partial charge < -0.3 is 15.4 Å². The molecule has 0 radical (unpaired) electrons. The van der Waals surface area contributed by atoms with Crippen molar-refractivity contribution >= 4 is 44.8 Å². The average molecular weight is 528 g/mol. The fourth-order valence-corrected chi connectivity index (χ4v) is 5.00. The molecule has 188 valence electrons. The van der Waals surface area contributed by atoms with Crippen LogP contribution in [-0.2, 0) is 14.8 Å². The number of benzene rings is 3. The van der Waals surface area contributed by atoms with Crippen LogP contribution in [0.3, 0.4) is 0 Å². The summed E-state index contributed by atoms with van der Waals surface area (Å²) in [5, 5.41) is 5.49. The number of para-hydroxylation sites is 1. The van der Waals surface area contributed by atoms with Crippen molar-refractivity contribution in [2.45, 2.75) is 11.8 Å². The number of sulfonamides is 1. The van der Waals surface area contributed by atoms with Gasteiger partial charge in [-0.2, -0.15) is 0 Å². The van der Waals surface area contributed by atoms with Gasteiger partial charge in [-0.3, -0.25) is 13.9 Å². The standard InChI is InChI=1S/C26H26ClN3O5S/c1-4-15-28-26(32)21-7-5-6-8-23(21)29-25(31)17-30(19-11-14-24(35-3)22(27)16-19)36(33,34)20-12-9-18(2)10-13-20/h4-14,16H,1,15,17H2,2-3H3,(H,28,32)(H,29,31). The van der Waals surface area contributed by atoms with Gasteiger partial charge in [-0.1, -0.05) is 47.5 Å². The predicted molar refractivity (Wildman–Crippen MR) is 141 cm³/mol. The molecular weight excluding hydrogens is 502 g/mol. The van der Waals surface area contributed by atoms with Crippen molar-refractivity contribution in [3.63, 3.8) is 0 Å². The normalized spacial score (nSPS) is 10.9. The quantitative estimate of drug-likeness (QED) is 0.380. The van der Waals surface area contributed by atoms with Crippen molar-refractivity contribution in [2.24, 2.45) is 0 Å². The van der Waals surface area contributed by atoms with Crippen molar-refractivity contribution in [2.75, 3.05) is 29.8 Å². The summed E-state index contributed by atoms with van der Waals surface area (Å²) >= 11 is 6.26. The maximum absolute atomic E-state index is 13.6. The number of ether oxygens (including phenoxy) is 1. The average Bonchev–Trinajstić information content (AvgIpc) is 2.86. The highest BCUT2D eigenvalue weighted by Crippen LogP contribution is 2.32. The van der Waals surface area contributed by atoms with E-state index in [1.54, 1.807) is 36.4 Å². The number of amides is 2. The fraction of sp³-hybridized carbons (Fsp3) is 0.154. The molecule has 3 rings (SSSR count). The largest absolute Gasteiger partial charge is 0.495 e. The molecule has 36 heavy (non-hydrogen) atoms. The molecule has 0 bridgehead atoms. The molecule has 2 N–H and O–H groups in total. The van der Waals surface area contributed by atoms with E-state index in [1.807, 2.05) is 6.92 Å². The molecular formula is C26H26ClN3O5S. The summed E-state index contributed by atoms with van der Waals surface area (Å²) in [4.78, 5) is 25.6. The minimum atomic E-state index is -4.15. The summed E-state index contributed by atoms with van der Waals surface area (Å²) in [6.07, 6.45) is 1.53. The zero-order valence-electron chi connectivity index (χ0n) is 19.8. The third-order valence-electron chi connectivity index (χ3n) is 5.17. The van der Waals surface area contributed by atoms with Crippen LogP contribution in [0.2, 0.25) is 5.02 Å². The molecule has 0 saturated heterocycles. The van der Waals surface area contributed by atoms with Gasteiger partial charge in [-0.05, 0) is 49.4 Å². The lowest BCUT2D eigenvalue weighted by Gasteiger charge is -2.25. The monoisotopic (exact) mass is 527 g/mol. The van der Waals surface area contributed by atoms with Crippen molar-refractivity contribution in [1.29, 1.82) is 0 Å². The fourth-order valence-electron chi connectivity index (χ4n) is 3.33. The van der Waals surface area contributed by atoms with Crippen LogP contribution in [0.1, 0.15) is 15.9 Å². The van der Waals surface area contributed by atoms with Crippen LogP contribution in [-0.4, -0.2) is 40.4 Å². The molecule has 0 aliphatic carbocycles. The summed E-state index contributed by atoms with van der Waals surface area (Å²) in [6, 6.07) is 17.1. The van der Waals surface area contributed by atoms with Gasteiger partial charge in [-0.15, -0.1) is 6.58 Å². The lowest BCUT2D eigenvalue weighted by atomic mass is 10.1. The van der Waals surface area contributed by atoms with Gasteiger partial charge in [-0.25, -0.2) is 8.42 Å². The van der Waals surface area contributed by atoms with E-state index in [0.29, 0.717) is 5.75 Å². The van der Waals surface area contributed by atoms with Gasteiger partial charge in [0.1, 0.15) is 12.3 Å². The Hall–Kier alpha value is -3.82. The van der Waals surface area contributed by atoms with Gasteiger partial charge in [0, 0.05) is 6.54 Å². The summed E-state index contributed by atoms with van der Waals surface area (Å²) < 4.78 is 33.3. The first-order valence-corrected chi connectivity index (χ1v) is 12.7. The number of halogens is 1. The molecule has 0 aliphatic heterocycles. The molecule has 0 fully saturated rings. The first kappa shape index (κ1) is 26.8. The zero-order valence-corrected chi connectivity index (χ0v) is 21.4. The highest BCUT2D eigenvalue weighted by molar-refractivity contribution is 7.92. The summed E-state index contributed by atoms with van der Waals surface area (Å²) in [6.45, 7) is 5.09. The predicted octanol–water partition coefficient (Wildman–Crippen LogP) is 4.41. The third kappa shape index (κ3) is 6.24. The van der Waals surface area contributed by atoms with Gasteiger partial charge in [0.15, 0.2) is 0 Å². The van der Waals surface area contributed by atoms with Gasteiger partial charge in [0.2, 0.25) is 5.91 Å². The van der Waals surface area contributed by atoms with Crippen LogP contribution in [0.4, 0.5) is 11.4 Å². The van der Waals surface area contributed by atoms with E-state index in [1.165, 1.54) is 43.5 Å². The Morgan fingerprint density at radius 2 is 1.78 bits per heavy atom. The third-order valence-corrected chi connectivity index (χ3v) is 7.26. The van der Waals surface area contributed by atoms with Gasteiger partial charge in [0.05, 0.1) is 34.0 Å². The number of hydrogen-bond donors (Lipinski definition) is 2. The highest BCUT2D eigenvalue weighted by atomic mass is 35.5. The molecule has 8 nitrogen and oxygen atoms in total. The summed E-state index contributed by atoms with van der Waals surface area (Å²) in [7, 11) is -2.71. The molecule has 0 aromatic heterocycles. The number of hydrogen-bond acceptors (Lipinski definition) is 5. The molecule has 3 aromatic rings. The minimum Gasteiger partial charge on any atom is -0.495 e. The number of aryl methyl sites for hydroxylation is 1. The number of carbonyl (C=O) groups is 2. The maximum Gasteiger partial charge on any atom is 0.264 e. The smallest absolute Gasteiger partial charge is 0.264 e. The van der Waals surface area contributed by atoms with Crippen molar-refractivity contribution in [3.8, 4) is 5.75 Å². The number of rotatable bonds is 10. The van der Waals surface area contributed by atoms with Crippen molar-refractivity contribution in [3.05, 3.63) is 95.5 Å². The maximum atomic E-state index is 13.6. The number of nitrogens with one attached hydrogen (secondary N) is 2. The number of anilines is 2. The molecule has 3 aromatic carbocycles. The zero-order chi connectivity index (χ0) is 26.3. The lowest BCUT2D eigenvalue weighted by Crippen LogP contribution is -2.38. The minimum absolute atomic E-state index is 0.0112. The van der Waals surface area contributed by atoms with Gasteiger partial charge >= 0.3 is 0 Å². The van der Waals surface area contributed by atoms with Crippen LogP contribution in [0.5, 0.6) is 5.75 Å². The van der Waals surface area contributed by atoms with E-state index in [0.717, 1.165) is 9.87 Å². The summed E-state index contributed by atoms with van der Waals surface area (Å²) in [5.41, 5.74) is 1.53. The second-order valence-electron chi connectivity index (χ2n) is 7.74. The van der Waals surface area contributed by atoms with E-state index in [4.69, 9.17) is 16.3 Å². The Kier molecular flexibility index (Phi) is 8.73. The second-order valence-corrected chi connectivity index (χ2v) is 10.0. The first-order valence-electron chi connectivity index (χ1n) is 10.9. The Balaban J connectivity index is 1.96. The van der Waals surface area contributed by atoms with Crippen molar-refractivity contribution < 1.29 is 22.7 Å². The van der Waals surface area contributed by atoms with Crippen LogP contribution in [0.15, 0.2) is 84.3 Å². The van der Waals surface area contributed by atoms with E-state index >= 15 is 0 Å². The van der Waals surface area contributed by atoms with Crippen LogP contribution >= 0.6 is 11.6 Å². The van der Waals surface area contributed by atoms with E-state index in [-0.39, 0.29) is 33.4 Å². The molecule has 0 saturated carbocycles. The Labute approximate surface area is 215 Å². The highest BCUT2D eigenvalue weighted by Gasteiger charge is 2.28. The SMILES string of the molecule is C=CCNC(=O)c1ccccc1NC(=O)CN(c1ccc(OC)c(Cl)c1)S(=O)(=O)c1ccc(C)cc1. The molecule has 2 amide bonds. The van der Waals surface area contributed by atoms with E-state index in [2.05, 4.69) is 17.2 Å². The molecule has 0 heterocycles. The number of nitrogens with zero attached hydrogens (tertiary/aromatic N) is 1. The Morgan fingerprint density at radius 3 is 2.42 bits per heavy atom. The first-order chi connectivity index (χ1) is 17.2. The van der Waals surface area contributed by atoms with E-state index < -0.39 is 28.4 Å².